The minimum absolute atomic E-state index is 0.215. The van der Waals surface area contributed by atoms with Gasteiger partial charge in [-0.2, -0.15) is 0 Å². The minimum Gasteiger partial charge on any atom is -0.343 e. The number of nitrogens with zero attached hydrogens (tertiary/aromatic N) is 2. The van der Waals surface area contributed by atoms with Crippen molar-refractivity contribution in [3.8, 4) is 12.3 Å². The fourth-order valence-corrected chi connectivity index (χ4v) is 1.40. The Morgan fingerprint density at radius 2 is 2.31 bits per heavy atom. The number of carbonyl (C=O) groups is 1. The molecule has 1 rings (SSSR count). The quantitative estimate of drug-likeness (QED) is 0.457. The van der Waals surface area contributed by atoms with Crippen molar-refractivity contribution in [2.45, 2.75) is 12.8 Å². The van der Waals surface area contributed by atoms with Crippen molar-refractivity contribution in [3.05, 3.63) is 0 Å². The minimum atomic E-state index is 0.215. The number of likely N-dealkylation sites (N-methyl/N-ethyl adjacent to an activating group) is 1. The van der Waals surface area contributed by atoms with Crippen LogP contribution >= 0.6 is 0 Å². The van der Waals surface area contributed by atoms with Crippen molar-refractivity contribution in [1.29, 1.82) is 0 Å². The predicted molar refractivity (Wildman–Crippen MR) is 52.1 cm³/mol. The van der Waals surface area contributed by atoms with Gasteiger partial charge in [0, 0.05) is 26.6 Å². The maximum absolute atomic E-state index is 11.3. The average molecular weight is 180 g/mol. The molecule has 0 bridgehead atoms. The van der Waals surface area contributed by atoms with Gasteiger partial charge in [0.05, 0.1) is 6.54 Å². The smallest absolute Gasteiger partial charge is 0.236 e. The molecule has 0 aliphatic carbocycles. The molecule has 0 unspecified atom stereocenters. The van der Waals surface area contributed by atoms with Crippen LogP contribution in [-0.4, -0.2) is 48.9 Å². The van der Waals surface area contributed by atoms with Crippen LogP contribution in [0.2, 0.25) is 0 Å². The van der Waals surface area contributed by atoms with Crippen molar-refractivity contribution in [3.63, 3.8) is 0 Å². The molecule has 1 amide bonds. The summed E-state index contributed by atoms with van der Waals surface area (Å²) in [4.78, 5) is 15.2. The molecular formula is C10H16N2O. The van der Waals surface area contributed by atoms with Gasteiger partial charge in [-0.05, 0) is 13.0 Å². The van der Waals surface area contributed by atoms with E-state index in [0.29, 0.717) is 6.54 Å². The lowest BCUT2D eigenvalue weighted by Crippen LogP contribution is -2.48. The van der Waals surface area contributed by atoms with E-state index in [1.165, 1.54) is 0 Å². The van der Waals surface area contributed by atoms with Gasteiger partial charge in [-0.25, -0.2) is 0 Å². The number of carbonyl (C=O) groups excluding carboxylic acids is 1. The van der Waals surface area contributed by atoms with Crippen LogP contribution in [0.15, 0.2) is 0 Å². The monoisotopic (exact) mass is 180 g/mol. The van der Waals surface area contributed by atoms with Crippen molar-refractivity contribution in [2.75, 3.05) is 33.2 Å². The van der Waals surface area contributed by atoms with Gasteiger partial charge in [0.25, 0.3) is 0 Å². The third-order valence-electron chi connectivity index (χ3n) is 2.33. The Bertz CT molecular complexity index is 219. The lowest BCUT2D eigenvalue weighted by Gasteiger charge is -2.31. The molecular weight excluding hydrogens is 164 g/mol. The first-order valence-corrected chi connectivity index (χ1v) is 4.64. The summed E-state index contributed by atoms with van der Waals surface area (Å²) >= 11 is 0. The molecule has 1 fully saturated rings. The van der Waals surface area contributed by atoms with E-state index in [0.717, 1.165) is 32.5 Å². The van der Waals surface area contributed by atoms with E-state index >= 15 is 0 Å². The Labute approximate surface area is 79.7 Å². The van der Waals surface area contributed by atoms with E-state index < -0.39 is 0 Å². The summed E-state index contributed by atoms with van der Waals surface area (Å²) in [6, 6.07) is 0. The summed E-state index contributed by atoms with van der Waals surface area (Å²) in [5, 5.41) is 0. The number of unbranched alkanes of at least 4 members (excludes halogenated alkanes) is 1. The van der Waals surface area contributed by atoms with Gasteiger partial charge >= 0.3 is 0 Å². The van der Waals surface area contributed by atoms with Crippen molar-refractivity contribution in [2.24, 2.45) is 0 Å². The van der Waals surface area contributed by atoms with Gasteiger partial charge < -0.3 is 4.90 Å². The molecule has 1 saturated heterocycles. The van der Waals surface area contributed by atoms with Crippen LogP contribution in [0, 0.1) is 12.3 Å². The van der Waals surface area contributed by atoms with Gasteiger partial charge in [-0.3, -0.25) is 9.69 Å². The number of hydrogen-bond acceptors (Lipinski definition) is 2. The molecule has 3 heteroatoms. The van der Waals surface area contributed by atoms with Crippen LogP contribution in [0.25, 0.3) is 0 Å². The van der Waals surface area contributed by atoms with Gasteiger partial charge in [-0.1, -0.05) is 0 Å². The standard InChI is InChI=1S/C10H16N2O/c1-3-4-5-6-12-8-7-11(2)10(13)9-12/h1H,4-9H2,2H3. The van der Waals surface area contributed by atoms with E-state index in [1.54, 1.807) is 4.90 Å². The fourth-order valence-electron chi connectivity index (χ4n) is 1.40. The molecule has 72 valence electrons. The summed E-state index contributed by atoms with van der Waals surface area (Å²) in [5.74, 6) is 2.82. The van der Waals surface area contributed by atoms with Gasteiger partial charge in [0.2, 0.25) is 5.91 Å². The molecule has 0 spiro atoms. The van der Waals surface area contributed by atoms with Crippen LogP contribution in [-0.2, 0) is 4.79 Å². The summed E-state index contributed by atoms with van der Waals surface area (Å²) in [7, 11) is 1.85. The van der Waals surface area contributed by atoms with Crippen LogP contribution in [0.4, 0.5) is 0 Å². The van der Waals surface area contributed by atoms with Gasteiger partial charge in [0.15, 0.2) is 0 Å². The number of terminal acetylenes is 1. The molecule has 0 saturated carbocycles. The highest BCUT2D eigenvalue weighted by atomic mass is 16.2. The second-order valence-corrected chi connectivity index (χ2v) is 3.40. The van der Waals surface area contributed by atoms with Crippen LogP contribution in [0.5, 0.6) is 0 Å². The number of hydrogen-bond donors (Lipinski definition) is 0. The first-order chi connectivity index (χ1) is 6.24. The Morgan fingerprint density at radius 1 is 1.54 bits per heavy atom. The summed E-state index contributed by atoms with van der Waals surface area (Å²) in [6.07, 6.45) is 6.95. The highest BCUT2D eigenvalue weighted by molar-refractivity contribution is 5.78. The van der Waals surface area contributed by atoms with Crippen molar-refractivity contribution < 1.29 is 4.79 Å². The molecule has 0 atom stereocenters. The van der Waals surface area contributed by atoms with Gasteiger partial charge in [-0.15, -0.1) is 12.3 Å². The number of piperazine rings is 1. The SMILES string of the molecule is C#CCCCN1CCN(C)C(=O)C1. The molecule has 1 aliphatic rings. The van der Waals surface area contributed by atoms with E-state index in [-0.39, 0.29) is 5.91 Å². The Kier molecular flexibility index (Phi) is 3.78. The number of rotatable bonds is 3. The fraction of sp³-hybridized carbons (Fsp3) is 0.700. The average Bonchev–Trinajstić information content (AvgIpc) is 2.12. The second kappa shape index (κ2) is 4.88. The van der Waals surface area contributed by atoms with E-state index in [9.17, 15) is 4.79 Å². The lowest BCUT2D eigenvalue weighted by molar-refractivity contribution is -0.134. The Hall–Kier alpha value is -1.01. The number of amides is 1. The summed E-state index contributed by atoms with van der Waals surface area (Å²) < 4.78 is 0. The Morgan fingerprint density at radius 3 is 2.92 bits per heavy atom. The highest BCUT2D eigenvalue weighted by Crippen LogP contribution is 2.02. The Balaban J connectivity index is 2.22. The zero-order chi connectivity index (χ0) is 9.68. The molecule has 0 radical (unpaired) electrons. The molecule has 13 heavy (non-hydrogen) atoms. The molecule has 1 heterocycles. The van der Waals surface area contributed by atoms with E-state index in [1.807, 2.05) is 7.05 Å². The van der Waals surface area contributed by atoms with E-state index in [4.69, 9.17) is 6.42 Å². The maximum atomic E-state index is 11.3. The molecule has 0 aromatic heterocycles. The van der Waals surface area contributed by atoms with Crippen molar-refractivity contribution in [1.82, 2.24) is 9.80 Å². The lowest BCUT2D eigenvalue weighted by atomic mass is 10.2. The van der Waals surface area contributed by atoms with Gasteiger partial charge in [0.1, 0.15) is 0 Å². The van der Waals surface area contributed by atoms with Crippen LogP contribution < -0.4 is 0 Å². The summed E-state index contributed by atoms with van der Waals surface area (Å²) in [6.45, 7) is 3.33. The molecule has 0 aromatic rings. The van der Waals surface area contributed by atoms with E-state index in [2.05, 4.69) is 10.8 Å². The predicted octanol–water partition coefficient (Wildman–Crippen LogP) is 0.174. The summed E-state index contributed by atoms with van der Waals surface area (Å²) in [5.41, 5.74) is 0. The highest BCUT2D eigenvalue weighted by Gasteiger charge is 2.19. The molecule has 0 aromatic carbocycles. The van der Waals surface area contributed by atoms with Crippen LogP contribution in [0.1, 0.15) is 12.8 Å². The topological polar surface area (TPSA) is 23.6 Å². The third kappa shape index (κ3) is 3.08. The zero-order valence-corrected chi connectivity index (χ0v) is 8.12. The first-order valence-electron chi connectivity index (χ1n) is 4.64. The zero-order valence-electron chi connectivity index (χ0n) is 8.12. The third-order valence-corrected chi connectivity index (χ3v) is 2.33. The molecule has 0 N–H and O–H groups in total. The second-order valence-electron chi connectivity index (χ2n) is 3.40. The molecule has 3 nitrogen and oxygen atoms in total. The van der Waals surface area contributed by atoms with Crippen LogP contribution in [0.3, 0.4) is 0 Å². The maximum Gasteiger partial charge on any atom is 0.236 e. The first kappa shape index (κ1) is 10.1. The normalized spacial score (nSPS) is 18.8. The largest absolute Gasteiger partial charge is 0.343 e. The van der Waals surface area contributed by atoms with Crippen molar-refractivity contribution >= 4 is 5.91 Å². The molecule has 1 aliphatic heterocycles.